The van der Waals surface area contributed by atoms with Crippen LogP contribution in [0.3, 0.4) is 0 Å². The first-order valence-corrected chi connectivity index (χ1v) is 9.54. The standard InChI is InChI=1S/C25H17N3O2/c29-24-20-12-4-3-11-19(20)21(25(30)28(24)23-14-5-6-15-26-23)16-27-22-13-7-9-17-8-1-2-10-18(17)22/h1-16,30H. The minimum atomic E-state index is -0.330. The number of aliphatic imine (C=N–C) groups is 1. The highest BCUT2D eigenvalue weighted by molar-refractivity contribution is 6.03. The molecule has 0 spiro atoms. The number of rotatable bonds is 3. The molecule has 0 aliphatic carbocycles. The Labute approximate surface area is 172 Å². The molecule has 144 valence electrons. The lowest BCUT2D eigenvalue weighted by molar-refractivity contribution is 0.435. The van der Waals surface area contributed by atoms with E-state index in [1.165, 1.54) is 4.57 Å². The van der Waals surface area contributed by atoms with E-state index in [2.05, 4.69) is 9.98 Å². The predicted octanol–water partition coefficient (Wildman–Crippen LogP) is 5.00. The number of benzene rings is 3. The van der Waals surface area contributed by atoms with Crippen molar-refractivity contribution >= 4 is 33.4 Å². The summed E-state index contributed by atoms with van der Waals surface area (Å²) in [4.78, 5) is 22.0. The molecule has 3 aromatic carbocycles. The quantitative estimate of drug-likeness (QED) is 0.440. The molecule has 0 amide bonds. The molecular weight excluding hydrogens is 374 g/mol. The van der Waals surface area contributed by atoms with E-state index in [1.807, 2.05) is 54.6 Å². The van der Waals surface area contributed by atoms with E-state index in [-0.39, 0.29) is 11.4 Å². The molecule has 2 aromatic heterocycles. The summed E-state index contributed by atoms with van der Waals surface area (Å²) in [7, 11) is 0. The van der Waals surface area contributed by atoms with Gasteiger partial charge in [-0.15, -0.1) is 0 Å². The number of pyridine rings is 2. The minimum Gasteiger partial charge on any atom is -0.494 e. The molecule has 0 atom stereocenters. The van der Waals surface area contributed by atoms with E-state index in [1.54, 1.807) is 42.7 Å². The Balaban J connectivity index is 1.77. The van der Waals surface area contributed by atoms with Crippen LogP contribution in [0.25, 0.3) is 27.4 Å². The fourth-order valence-electron chi connectivity index (χ4n) is 3.64. The van der Waals surface area contributed by atoms with E-state index < -0.39 is 0 Å². The zero-order valence-electron chi connectivity index (χ0n) is 15.9. The second kappa shape index (κ2) is 7.29. The first kappa shape index (κ1) is 17.8. The molecule has 30 heavy (non-hydrogen) atoms. The molecule has 0 bridgehead atoms. The summed E-state index contributed by atoms with van der Waals surface area (Å²) in [6.07, 6.45) is 3.19. The molecule has 5 nitrogen and oxygen atoms in total. The van der Waals surface area contributed by atoms with Gasteiger partial charge < -0.3 is 5.11 Å². The number of fused-ring (bicyclic) bond motifs is 2. The first-order chi connectivity index (χ1) is 14.7. The molecule has 0 saturated heterocycles. The molecule has 1 N–H and O–H groups in total. The Morgan fingerprint density at radius 2 is 1.50 bits per heavy atom. The van der Waals surface area contributed by atoms with Crippen molar-refractivity contribution in [3.05, 3.63) is 107 Å². The predicted molar refractivity (Wildman–Crippen MR) is 120 cm³/mol. The van der Waals surface area contributed by atoms with Gasteiger partial charge in [0.15, 0.2) is 0 Å². The third kappa shape index (κ3) is 2.93. The van der Waals surface area contributed by atoms with Gasteiger partial charge in [0, 0.05) is 28.6 Å². The van der Waals surface area contributed by atoms with Crippen molar-refractivity contribution < 1.29 is 5.11 Å². The van der Waals surface area contributed by atoms with Gasteiger partial charge in [0.25, 0.3) is 5.56 Å². The highest BCUT2D eigenvalue weighted by Crippen LogP contribution is 2.28. The van der Waals surface area contributed by atoms with E-state index in [0.29, 0.717) is 22.2 Å². The van der Waals surface area contributed by atoms with Gasteiger partial charge in [0.05, 0.1) is 11.3 Å². The van der Waals surface area contributed by atoms with E-state index >= 15 is 0 Å². The summed E-state index contributed by atoms with van der Waals surface area (Å²) in [5.41, 5.74) is 0.917. The van der Waals surface area contributed by atoms with Gasteiger partial charge in [-0.3, -0.25) is 9.79 Å². The van der Waals surface area contributed by atoms with Gasteiger partial charge in [0.2, 0.25) is 5.88 Å². The summed E-state index contributed by atoms with van der Waals surface area (Å²) in [5.74, 6) is 0.159. The summed E-state index contributed by atoms with van der Waals surface area (Å²) in [5, 5.41) is 14.3. The minimum absolute atomic E-state index is 0.193. The van der Waals surface area contributed by atoms with Crippen molar-refractivity contribution in [3.8, 4) is 11.7 Å². The molecule has 5 aromatic rings. The first-order valence-electron chi connectivity index (χ1n) is 9.54. The van der Waals surface area contributed by atoms with E-state index in [0.717, 1.165) is 16.5 Å². The van der Waals surface area contributed by atoms with Gasteiger partial charge in [-0.1, -0.05) is 60.7 Å². The number of hydrogen-bond donors (Lipinski definition) is 1. The van der Waals surface area contributed by atoms with Crippen LogP contribution in [0, 0.1) is 0 Å². The highest BCUT2D eigenvalue weighted by atomic mass is 16.3. The van der Waals surface area contributed by atoms with E-state index in [4.69, 9.17) is 0 Å². The van der Waals surface area contributed by atoms with Crippen LogP contribution in [0.5, 0.6) is 5.88 Å². The smallest absolute Gasteiger partial charge is 0.267 e. The van der Waals surface area contributed by atoms with Crippen LogP contribution in [-0.2, 0) is 0 Å². The van der Waals surface area contributed by atoms with Gasteiger partial charge in [0.1, 0.15) is 5.82 Å². The SMILES string of the molecule is O=c1c2ccccc2c(C=Nc2cccc3ccccc23)c(O)n1-c1ccccn1. The Hall–Kier alpha value is -4.25. The monoisotopic (exact) mass is 391 g/mol. The van der Waals surface area contributed by atoms with Crippen LogP contribution in [0.4, 0.5) is 5.69 Å². The lowest BCUT2D eigenvalue weighted by Crippen LogP contribution is -2.20. The van der Waals surface area contributed by atoms with Crippen LogP contribution in [0.1, 0.15) is 5.56 Å². The zero-order chi connectivity index (χ0) is 20.5. The van der Waals surface area contributed by atoms with Gasteiger partial charge >= 0.3 is 0 Å². The molecule has 0 radical (unpaired) electrons. The highest BCUT2D eigenvalue weighted by Gasteiger charge is 2.16. The van der Waals surface area contributed by atoms with E-state index in [9.17, 15) is 9.90 Å². The topological polar surface area (TPSA) is 67.5 Å². The molecule has 0 unspecified atom stereocenters. The Morgan fingerprint density at radius 3 is 2.30 bits per heavy atom. The van der Waals surface area contributed by atoms with Gasteiger partial charge in [-0.2, -0.15) is 0 Å². The average Bonchev–Trinajstić information content (AvgIpc) is 2.80. The van der Waals surface area contributed by atoms with Crippen molar-refractivity contribution in [2.24, 2.45) is 4.99 Å². The molecule has 0 fully saturated rings. The Bertz CT molecular complexity index is 1470. The second-order valence-electron chi connectivity index (χ2n) is 6.87. The summed E-state index contributed by atoms with van der Waals surface area (Å²) >= 11 is 0. The van der Waals surface area contributed by atoms with Crippen LogP contribution in [-0.4, -0.2) is 20.9 Å². The molecule has 0 saturated carbocycles. The van der Waals surface area contributed by atoms with Crippen molar-refractivity contribution in [3.63, 3.8) is 0 Å². The molecular formula is C25H17N3O2. The lowest BCUT2D eigenvalue weighted by Gasteiger charge is -2.12. The average molecular weight is 391 g/mol. The summed E-state index contributed by atoms with van der Waals surface area (Å²) in [6, 6.07) is 26.3. The molecule has 0 aliphatic rings. The summed E-state index contributed by atoms with van der Waals surface area (Å²) in [6.45, 7) is 0. The van der Waals surface area contributed by atoms with Crippen LogP contribution < -0.4 is 5.56 Å². The molecule has 0 aliphatic heterocycles. The number of hydrogen-bond acceptors (Lipinski definition) is 4. The van der Waals surface area contributed by atoms with Crippen molar-refractivity contribution in [2.45, 2.75) is 0 Å². The second-order valence-corrected chi connectivity index (χ2v) is 6.87. The molecule has 5 heteroatoms. The Kier molecular flexibility index (Phi) is 4.33. The zero-order valence-corrected chi connectivity index (χ0v) is 15.9. The number of nitrogens with zero attached hydrogens (tertiary/aromatic N) is 3. The third-order valence-corrected chi connectivity index (χ3v) is 5.08. The molecule has 2 heterocycles. The largest absolute Gasteiger partial charge is 0.494 e. The maximum Gasteiger partial charge on any atom is 0.267 e. The van der Waals surface area contributed by atoms with Gasteiger partial charge in [-0.25, -0.2) is 9.55 Å². The summed E-state index contributed by atoms with van der Waals surface area (Å²) < 4.78 is 1.22. The number of aromatic nitrogens is 2. The molecule has 5 rings (SSSR count). The number of aromatic hydroxyl groups is 1. The van der Waals surface area contributed by atoms with Gasteiger partial charge in [-0.05, 0) is 29.7 Å². The maximum atomic E-state index is 13.1. The van der Waals surface area contributed by atoms with Crippen molar-refractivity contribution in [2.75, 3.05) is 0 Å². The van der Waals surface area contributed by atoms with Crippen LogP contribution in [0.2, 0.25) is 0 Å². The third-order valence-electron chi connectivity index (χ3n) is 5.08. The van der Waals surface area contributed by atoms with Crippen molar-refractivity contribution in [1.29, 1.82) is 0 Å². The fraction of sp³-hybridized carbons (Fsp3) is 0. The maximum absolute atomic E-state index is 13.1. The lowest BCUT2D eigenvalue weighted by atomic mass is 10.1. The normalized spacial score (nSPS) is 11.5. The van der Waals surface area contributed by atoms with Crippen LogP contribution in [0.15, 0.2) is 101 Å². The van der Waals surface area contributed by atoms with Crippen LogP contribution >= 0.6 is 0 Å². The van der Waals surface area contributed by atoms with Crippen molar-refractivity contribution in [1.82, 2.24) is 9.55 Å². The Morgan fingerprint density at radius 1 is 0.800 bits per heavy atom. The fourth-order valence-corrected chi connectivity index (χ4v) is 3.64.